The SMILES string of the molecule is CC(C)OCCCCNS(=O)(=O)c1cnn(CCO)c1. The average Bonchev–Trinajstić information content (AvgIpc) is 2.83. The summed E-state index contributed by atoms with van der Waals surface area (Å²) in [6, 6.07) is 0. The minimum Gasteiger partial charge on any atom is -0.394 e. The van der Waals surface area contributed by atoms with Crippen LogP contribution in [0, 0.1) is 0 Å². The van der Waals surface area contributed by atoms with Gasteiger partial charge in [0.05, 0.1) is 25.5 Å². The Hall–Kier alpha value is -0.960. The van der Waals surface area contributed by atoms with E-state index in [-0.39, 0.29) is 24.2 Å². The van der Waals surface area contributed by atoms with Gasteiger partial charge in [-0.1, -0.05) is 0 Å². The van der Waals surface area contributed by atoms with Crippen molar-refractivity contribution in [2.75, 3.05) is 19.8 Å². The third kappa shape index (κ3) is 6.00. The lowest BCUT2D eigenvalue weighted by atomic mass is 10.3. The first-order chi connectivity index (χ1) is 9.45. The molecule has 0 aliphatic rings. The van der Waals surface area contributed by atoms with Crippen molar-refractivity contribution in [3.8, 4) is 0 Å². The van der Waals surface area contributed by atoms with E-state index in [1.54, 1.807) is 0 Å². The van der Waals surface area contributed by atoms with Crippen LogP contribution in [0.1, 0.15) is 26.7 Å². The summed E-state index contributed by atoms with van der Waals surface area (Å²) in [5.41, 5.74) is 0. The van der Waals surface area contributed by atoms with Gasteiger partial charge in [-0.25, -0.2) is 13.1 Å². The fourth-order valence-corrected chi connectivity index (χ4v) is 2.57. The van der Waals surface area contributed by atoms with Crippen LogP contribution in [-0.4, -0.2) is 49.2 Å². The Labute approximate surface area is 120 Å². The van der Waals surface area contributed by atoms with Gasteiger partial charge in [0.2, 0.25) is 10.0 Å². The van der Waals surface area contributed by atoms with E-state index in [2.05, 4.69) is 9.82 Å². The molecule has 0 atom stereocenters. The van der Waals surface area contributed by atoms with Crippen molar-refractivity contribution >= 4 is 10.0 Å². The maximum atomic E-state index is 11.9. The van der Waals surface area contributed by atoms with Crippen LogP contribution in [0.2, 0.25) is 0 Å². The van der Waals surface area contributed by atoms with Crippen LogP contribution in [0.5, 0.6) is 0 Å². The molecule has 2 N–H and O–H groups in total. The van der Waals surface area contributed by atoms with E-state index in [1.807, 2.05) is 13.8 Å². The Morgan fingerprint density at radius 1 is 1.45 bits per heavy atom. The zero-order chi connectivity index (χ0) is 15.0. The van der Waals surface area contributed by atoms with Crippen LogP contribution >= 0.6 is 0 Å². The molecule has 0 aromatic carbocycles. The molecule has 1 aromatic rings. The van der Waals surface area contributed by atoms with E-state index in [0.29, 0.717) is 13.2 Å². The highest BCUT2D eigenvalue weighted by atomic mass is 32.2. The summed E-state index contributed by atoms with van der Waals surface area (Å²) in [5, 5.41) is 12.6. The van der Waals surface area contributed by atoms with Gasteiger partial charge in [-0.2, -0.15) is 5.10 Å². The molecule has 0 radical (unpaired) electrons. The van der Waals surface area contributed by atoms with Crippen molar-refractivity contribution < 1.29 is 18.3 Å². The molecule has 8 heteroatoms. The molecule has 0 saturated carbocycles. The van der Waals surface area contributed by atoms with Crippen LogP contribution < -0.4 is 4.72 Å². The maximum absolute atomic E-state index is 11.9. The van der Waals surface area contributed by atoms with Crippen LogP contribution in [0.15, 0.2) is 17.3 Å². The van der Waals surface area contributed by atoms with Gasteiger partial charge in [0.15, 0.2) is 0 Å². The summed E-state index contributed by atoms with van der Waals surface area (Å²) in [6.07, 6.45) is 4.41. The lowest BCUT2D eigenvalue weighted by Crippen LogP contribution is -2.24. The van der Waals surface area contributed by atoms with Gasteiger partial charge in [-0.15, -0.1) is 0 Å². The third-order valence-corrected chi connectivity index (χ3v) is 3.98. The number of hydrogen-bond donors (Lipinski definition) is 2. The highest BCUT2D eigenvalue weighted by molar-refractivity contribution is 7.89. The van der Waals surface area contributed by atoms with E-state index in [0.717, 1.165) is 12.8 Å². The normalized spacial score (nSPS) is 12.2. The zero-order valence-corrected chi connectivity index (χ0v) is 12.8. The molecule has 20 heavy (non-hydrogen) atoms. The quantitative estimate of drug-likeness (QED) is 0.609. The number of aliphatic hydroxyl groups is 1. The first kappa shape index (κ1) is 17.1. The first-order valence-corrected chi connectivity index (χ1v) is 8.18. The van der Waals surface area contributed by atoms with Crippen molar-refractivity contribution in [3.63, 3.8) is 0 Å². The summed E-state index contributed by atoms with van der Waals surface area (Å²) in [4.78, 5) is 0.115. The highest BCUT2D eigenvalue weighted by Gasteiger charge is 2.15. The van der Waals surface area contributed by atoms with Gasteiger partial charge in [-0.3, -0.25) is 4.68 Å². The number of aliphatic hydroxyl groups excluding tert-OH is 1. The molecule has 116 valence electrons. The van der Waals surface area contributed by atoms with Crippen LogP contribution in [0.4, 0.5) is 0 Å². The fraction of sp³-hybridized carbons (Fsp3) is 0.750. The predicted octanol–water partition coefficient (Wildman–Crippen LogP) is 0.359. The average molecular weight is 305 g/mol. The molecule has 0 spiro atoms. The number of rotatable bonds is 10. The fourth-order valence-electron chi connectivity index (χ4n) is 1.54. The summed E-state index contributed by atoms with van der Waals surface area (Å²) < 4.78 is 33.2. The van der Waals surface area contributed by atoms with Gasteiger partial charge in [-0.05, 0) is 26.7 Å². The van der Waals surface area contributed by atoms with Crippen molar-refractivity contribution in [1.82, 2.24) is 14.5 Å². The molecule has 0 saturated heterocycles. The summed E-state index contributed by atoms with van der Waals surface area (Å²) in [5.74, 6) is 0. The van der Waals surface area contributed by atoms with Gasteiger partial charge < -0.3 is 9.84 Å². The van der Waals surface area contributed by atoms with Crippen molar-refractivity contribution in [1.29, 1.82) is 0 Å². The van der Waals surface area contributed by atoms with Crippen LogP contribution in [-0.2, 0) is 21.3 Å². The Morgan fingerprint density at radius 2 is 2.20 bits per heavy atom. The van der Waals surface area contributed by atoms with E-state index >= 15 is 0 Å². The van der Waals surface area contributed by atoms with Gasteiger partial charge in [0.25, 0.3) is 0 Å². The first-order valence-electron chi connectivity index (χ1n) is 6.70. The summed E-state index contributed by atoms with van der Waals surface area (Å²) in [7, 11) is -3.52. The second kappa shape index (κ2) is 8.35. The van der Waals surface area contributed by atoms with Crippen molar-refractivity contribution in [2.45, 2.75) is 44.2 Å². The molecule has 0 aliphatic heterocycles. The predicted molar refractivity (Wildman–Crippen MR) is 74.8 cm³/mol. The largest absolute Gasteiger partial charge is 0.394 e. The summed E-state index contributed by atoms with van der Waals surface area (Å²) >= 11 is 0. The molecular formula is C12H23N3O4S. The number of nitrogens with zero attached hydrogens (tertiary/aromatic N) is 2. The van der Waals surface area contributed by atoms with Gasteiger partial charge in [0, 0.05) is 19.3 Å². The van der Waals surface area contributed by atoms with Crippen molar-refractivity contribution in [3.05, 3.63) is 12.4 Å². The molecule has 1 aromatic heterocycles. The lowest BCUT2D eigenvalue weighted by Gasteiger charge is -2.07. The molecule has 1 rings (SSSR count). The molecule has 1 heterocycles. The molecular weight excluding hydrogens is 282 g/mol. The number of sulfonamides is 1. The monoisotopic (exact) mass is 305 g/mol. The minimum atomic E-state index is -3.52. The lowest BCUT2D eigenvalue weighted by molar-refractivity contribution is 0.0762. The number of unbranched alkanes of at least 4 members (excludes halogenated alkanes) is 1. The molecule has 0 bridgehead atoms. The van der Waals surface area contributed by atoms with Crippen molar-refractivity contribution in [2.24, 2.45) is 0 Å². The van der Waals surface area contributed by atoms with E-state index in [9.17, 15) is 8.42 Å². The van der Waals surface area contributed by atoms with Gasteiger partial charge in [0.1, 0.15) is 4.90 Å². The van der Waals surface area contributed by atoms with E-state index in [4.69, 9.17) is 9.84 Å². The second-order valence-electron chi connectivity index (χ2n) is 4.69. The Morgan fingerprint density at radius 3 is 2.85 bits per heavy atom. The van der Waals surface area contributed by atoms with Gasteiger partial charge >= 0.3 is 0 Å². The van der Waals surface area contributed by atoms with Crippen LogP contribution in [0.3, 0.4) is 0 Å². The summed E-state index contributed by atoms with van der Waals surface area (Å²) in [6.45, 7) is 5.13. The highest BCUT2D eigenvalue weighted by Crippen LogP contribution is 2.06. The van der Waals surface area contributed by atoms with E-state index in [1.165, 1.54) is 17.1 Å². The number of ether oxygens (including phenoxy) is 1. The second-order valence-corrected chi connectivity index (χ2v) is 6.45. The molecule has 0 unspecified atom stereocenters. The van der Waals surface area contributed by atoms with Crippen LogP contribution in [0.25, 0.3) is 0 Å². The molecule has 0 amide bonds. The Bertz CT molecular complexity index is 485. The smallest absolute Gasteiger partial charge is 0.243 e. The number of aromatic nitrogens is 2. The molecule has 0 aliphatic carbocycles. The maximum Gasteiger partial charge on any atom is 0.243 e. The Balaban J connectivity index is 2.33. The minimum absolute atomic E-state index is 0.0789. The number of hydrogen-bond acceptors (Lipinski definition) is 5. The topological polar surface area (TPSA) is 93.5 Å². The third-order valence-electron chi connectivity index (χ3n) is 2.56. The zero-order valence-electron chi connectivity index (χ0n) is 11.9. The van der Waals surface area contributed by atoms with E-state index < -0.39 is 10.0 Å². The standard InChI is InChI=1S/C12H23N3O4S/c1-11(2)19-8-4-3-5-14-20(17,18)12-9-13-15(10-12)6-7-16/h9-11,14,16H,3-8H2,1-2H3. The Kier molecular flexibility index (Phi) is 7.14. The molecule has 7 nitrogen and oxygen atoms in total. The molecule has 0 fully saturated rings. The number of nitrogens with one attached hydrogen (secondary N) is 1.